The van der Waals surface area contributed by atoms with Crippen molar-refractivity contribution in [2.75, 3.05) is 24.2 Å². The van der Waals surface area contributed by atoms with Crippen LogP contribution in [0.1, 0.15) is 16.7 Å². The Kier molecular flexibility index (Phi) is 4.25. The normalized spacial score (nSPS) is 14.4. The zero-order valence-corrected chi connectivity index (χ0v) is 14.6. The summed E-state index contributed by atoms with van der Waals surface area (Å²) in [7, 11) is 0. The molecule has 2 aromatic rings. The molecule has 0 fully saturated rings. The molecule has 0 radical (unpaired) electrons. The molecule has 0 bridgehead atoms. The molecule has 114 valence electrons. The van der Waals surface area contributed by atoms with E-state index in [1.165, 1.54) is 33.0 Å². The first-order valence-electron chi connectivity index (χ1n) is 7.69. The molecule has 0 saturated heterocycles. The Morgan fingerprint density at radius 3 is 2.41 bits per heavy atom. The highest BCUT2D eigenvalue weighted by molar-refractivity contribution is 7.98. The van der Waals surface area contributed by atoms with Gasteiger partial charge in [0.25, 0.3) is 0 Å². The van der Waals surface area contributed by atoms with E-state index in [0.29, 0.717) is 0 Å². The van der Waals surface area contributed by atoms with Crippen LogP contribution in [-0.4, -0.2) is 30.3 Å². The second kappa shape index (κ2) is 6.17. The van der Waals surface area contributed by atoms with E-state index in [-0.39, 0.29) is 0 Å². The Balaban J connectivity index is 1.99. The summed E-state index contributed by atoms with van der Waals surface area (Å²) in [5.74, 6) is 0. The van der Waals surface area contributed by atoms with Crippen LogP contribution >= 0.6 is 11.8 Å². The van der Waals surface area contributed by atoms with Crippen molar-refractivity contribution in [3.63, 3.8) is 0 Å². The van der Waals surface area contributed by atoms with E-state index in [1.807, 2.05) is 11.8 Å². The maximum atomic E-state index is 2.39. The monoisotopic (exact) mass is 311 g/mol. The van der Waals surface area contributed by atoms with E-state index in [0.717, 1.165) is 13.1 Å². The van der Waals surface area contributed by atoms with Crippen molar-refractivity contribution in [2.24, 2.45) is 0 Å². The highest BCUT2D eigenvalue weighted by Gasteiger charge is 2.26. The number of thioether (sulfide) groups is 1. The van der Waals surface area contributed by atoms with Crippen LogP contribution in [0.2, 0.25) is 0 Å². The minimum absolute atomic E-state index is 1.03. The Morgan fingerprint density at radius 2 is 1.73 bits per heavy atom. The molecule has 0 aromatic heterocycles. The summed E-state index contributed by atoms with van der Waals surface area (Å²) in [5.41, 5.74) is 6.71. The van der Waals surface area contributed by atoms with E-state index in [4.69, 9.17) is 0 Å². The highest BCUT2D eigenvalue weighted by atomic mass is 32.2. The van der Waals surface area contributed by atoms with Gasteiger partial charge in [0.15, 0.2) is 0 Å². The van der Waals surface area contributed by atoms with Crippen molar-refractivity contribution in [3.8, 4) is 0 Å². The summed E-state index contributed by atoms with van der Waals surface area (Å²) >= 11 is 1.81. The Labute approximate surface area is 137 Å². The number of hydrogen-bond donors (Lipinski definition) is 0. The van der Waals surface area contributed by atoms with Gasteiger partial charge in [0.1, 0.15) is 24.5 Å². The van der Waals surface area contributed by atoms with Gasteiger partial charge < -0.3 is 0 Å². The molecule has 0 aliphatic carbocycles. The first-order chi connectivity index (χ1) is 10.6. The molecule has 0 spiro atoms. The molecular formula is C19H23N2S+. The summed E-state index contributed by atoms with van der Waals surface area (Å²) < 4.78 is 2.39. The average Bonchev–Trinajstić information content (AvgIpc) is 2.95. The number of para-hydroxylation sites is 1. The number of anilines is 1. The van der Waals surface area contributed by atoms with Crippen molar-refractivity contribution in [2.45, 2.75) is 25.7 Å². The molecule has 3 heteroatoms. The van der Waals surface area contributed by atoms with Gasteiger partial charge in [-0.05, 0) is 50.3 Å². The van der Waals surface area contributed by atoms with Gasteiger partial charge in [0.2, 0.25) is 6.34 Å². The molecular weight excluding hydrogens is 288 g/mol. The van der Waals surface area contributed by atoms with Crippen LogP contribution in [0.15, 0.2) is 41.3 Å². The van der Waals surface area contributed by atoms with Crippen molar-refractivity contribution in [1.29, 1.82) is 0 Å². The zero-order valence-electron chi connectivity index (χ0n) is 13.8. The molecule has 0 N–H and O–H groups in total. The van der Waals surface area contributed by atoms with Crippen LogP contribution in [0.5, 0.6) is 0 Å². The van der Waals surface area contributed by atoms with Crippen LogP contribution in [-0.2, 0) is 0 Å². The van der Waals surface area contributed by atoms with Crippen LogP contribution in [0.4, 0.5) is 11.4 Å². The molecule has 1 aliphatic heterocycles. The fourth-order valence-electron chi connectivity index (χ4n) is 3.34. The van der Waals surface area contributed by atoms with Gasteiger partial charge in [-0.1, -0.05) is 29.8 Å². The number of rotatable bonds is 3. The van der Waals surface area contributed by atoms with Crippen molar-refractivity contribution < 1.29 is 4.58 Å². The summed E-state index contributed by atoms with van der Waals surface area (Å²) in [6.07, 6.45) is 4.40. The molecule has 2 aromatic carbocycles. The van der Waals surface area contributed by atoms with Gasteiger partial charge in [0, 0.05) is 0 Å². The van der Waals surface area contributed by atoms with E-state index < -0.39 is 0 Å². The Bertz CT molecular complexity index is 711. The lowest BCUT2D eigenvalue weighted by molar-refractivity contribution is -0.425. The fraction of sp³-hybridized carbons (Fsp3) is 0.316. The van der Waals surface area contributed by atoms with Crippen molar-refractivity contribution in [3.05, 3.63) is 53.1 Å². The number of aryl methyl sites for hydroxylation is 3. The lowest BCUT2D eigenvalue weighted by atomic mass is 10.0. The smallest absolute Gasteiger partial charge is 0.229 e. The third-order valence-corrected chi connectivity index (χ3v) is 4.96. The van der Waals surface area contributed by atoms with Gasteiger partial charge in [-0.2, -0.15) is 0 Å². The van der Waals surface area contributed by atoms with Gasteiger partial charge >= 0.3 is 0 Å². The zero-order chi connectivity index (χ0) is 15.7. The number of nitrogens with zero attached hydrogens (tertiary/aromatic N) is 2. The first kappa shape index (κ1) is 15.2. The van der Waals surface area contributed by atoms with E-state index in [9.17, 15) is 0 Å². The van der Waals surface area contributed by atoms with Gasteiger partial charge in [-0.3, -0.25) is 0 Å². The minimum atomic E-state index is 1.03. The van der Waals surface area contributed by atoms with Gasteiger partial charge in [0.05, 0.1) is 4.90 Å². The lowest BCUT2D eigenvalue weighted by Crippen LogP contribution is -2.18. The Hall–Kier alpha value is -1.74. The van der Waals surface area contributed by atoms with Crippen molar-refractivity contribution in [1.82, 2.24) is 0 Å². The summed E-state index contributed by atoms with van der Waals surface area (Å²) in [5, 5.41) is 0. The molecule has 3 rings (SSSR count). The SMILES string of the molecule is CSc1ccccc1N1C=[N+](c2c(C)cc(C)cc2C)CC1. The van der Waals surface area contributed by atoms with Gasteiger partial charge in [-0.15, -0.1) is 11.8 Å². The second-order valence-electron chi connectivity index (χ2n) is 5.92. The topological polar surface area (TPSA) is 6.25 Å². The molecule has 1 heterocycles. The van der Waals surface area contributed by atoms with E-state index in [1.54, 1.807) is 0 Å². The van der Waals surface area contributed by atoms with Crippen LogP contribution in [0.25, 0.3) is 0 Å². The maximum Gasteiger partial charge on any atom is 0.244 e. The van der Waals surface area contributed by atoms with Gasteiger partial charge in [-0.25, -0.2) is 9.48 Å². The molecule has 22 heavy (non-hydrogen) atoms. The first-order valence-corrected chi connectivity index (χ1v) is 8.92. The molecule has 0 saturated carbocycles. The second-order valence-corrected chi connectivity index (χ2v) is 6.77. The summed E-state index contributed by atoms with van der Waals surface area (Å²) in [4.78, 5) is 3.70. The molecule has 0 unspecified atom stereocenters. The third-order valence-electron chi connectivity index (χ3n) is 4.18. The van der Waals surface area contributed by atoms with E-state index >= 15 is 0 Å². The number of benzene rings is 2. The Morgan fingerprint density at radius 1 is 1.05 bits per heavy atom. The minimum Gasteiger partial charge on any atom is -0.229 e. The highest BCUT2D eigenvalue weighted by Crippen LogP contribution is 2.31. The lowest BCUT2D eigenvalue weighted by Gasteiger charge is -2.10. The maximum absolute atomic E-state index is 2.39. The van der Waals surface area contributed by atoms with Crippen LogP contribution in [0, 0.1) is 20.8 Å². The molecule has 2 nitrogen and oxygen atoms in total. The molecule has 0 atom stereocenters. The predicted octanol–water partition coefficient (Wildman–Crippen LogP) is 4.53. The van der Waals surface area contributed by atoms with E-state index in [2.05, 4.69) is 79.2 Å². The van der Waals surface area contributed by atoms with Crippen LogP contribution in [0.3, 0.4) is 0 Å². The van der Waals surface area contributed by atoms with Crippen LogP contribution < -0.4 is 4.90 Å². The largest absolute Gasteiger partial charge is 0.244 e. The third kappa shape index (κ3) is 2.78. The molecule has 1 aliphatic rings. The standard InChI is InChI=1S/C19H23N2S/c1-14-11-15(2)19(16(3)12-14)21-10-9-20(13-21)17-7-5-6-8-18(17)22-4/h5-8,11-13H,9-10H2,1-4H3/q+1. The number of hydrogen-bond acceptors (Lipinski definition) is 2. The average molecular weight is 311 g/mol. The summed E-state index contributed by atoms with van der Waals surface area (Å²) in [6, 6.07) is 13.2. The van der Waals surface area contributed by atoms with Crippen molar-refractivity contribution >= 4 is 29.5 Å². The molecule has 0 amide bonds. The fourth-order valence-corrected chi connectivity index (χ4v) is 3.95. The predicted molar refractivity (Wildman–Crippen MR) is 97.1 cm³/mol. The summed E-state index contributed by atoms with van der Waals surface area (Å²) in [6.45, 7) is 8.65. The quantitative estimate of drug-likeness (QED) is 0.607.